The lowest BCUT2D eigenvalue weighted by molar-refractivity contribution is -0.0980. The zero-order chi connectivity index (χ0) is 32.5. The second-order valence-corrected chi connectivity index (χ2v) is 10.9. The van der Waals surface area contributed by atoms with Crippen molar-refractivity contribution in [1.29, 1.82) is 0 Å². The van der Waals surface area contributed by atoms with Crippen molar-refractivity contribution in [2.24, 2.45) is 5.73 Å². The third-order valence-electron chi connectivity index (χ3n) is 8.04. The number of nitrogens with zero attached hydrogens (tertiary/aromatic N) is 1. The van der Waals surface area contributed by atoms with Gasteiger partial charge in [-0.05, 0) is 54.3 Å². The number of halogens is 1. The molecule has 0 amide bonds. The number of pyridine rings is 1. The number of hydrogen-bond acceptors (Lipinski definition) is 6. The second-order valence-electron chi connectivity index (χ2n) is 10.9. The van der Waals surface area contributed by atoms with Crippen LogP contribution < -0.4 is 21.2 Å². The van der Waals surface area contributed by atoms with Crippen molar-refractivity contribution in [1.82, 2.24) is 9.88 Å². The Kier molecular flexibility index (Phi) is 11.6. The maximum Gasteiger partial charge on any atom is 0.194 e. The molecule has 2 heterocycles. The van der Waals surface area contributed by atoms with Gasteiger partial charge in [-0.25, -0.2) is 4.39 Å². The lowest BCUT2D eigenvalue weighted by Gasteiger charge is -2.26. The zero-order valence-corrected chi connectivity index (χ0v) is 26.2. The summed E-state index contributed by atoms with van der Waals surface area (Å²) < 4.78 is 23.0. The Labute approximate surface area is 263 Å². The Balaban J connectivity index is 0.000000403. The van der Waals surface area contributed by atoms with Crippen molar-refractivity contribution in [3.05, 3.63) is 112 Å². The molecule has 0 saturated heterocycles. The quantitative estimate of drug-likeness (QED) is 0.190. The molecular formula is C37H42FN3O4. The Bertz CT molecular complexity index is 1800. The molecule has 7 rings (SSSR count). The molecule has 0 spiro atoms. The molecule has 236 valence electrons. The van der Waals surface area contributed by atoms with Crippen LogP contribution in [0.4, 0.5) is 4.39 Å². The summed E-state index contributed by atoms with van der Waals surface area (Å²) in [6, 6.07) is 23.1. The fourth-order valence-electron chi connectivity index (χ4n) is 5.70. The largest absolute Gasteiger partial charge is 0.453 e. The number of rotatable bonds is 5. The molecule has 1 aromatic heterocycles. The van der Waals surface area contributed by atoms with Gasteiger partial charge in [-0.1, -0.05) is 81.3 Å². The number of hydrogen-bond donors (Lipinski definition) is 3. The molecule has 45 heavy (non-hydrogen) atoms. The van der Waals surface area contributed by atoms with E-state index in [1.165, 1.54) is 31.7 Å². The van der Waals surface area contributed by atoms with Crippen molar-refractivity contribution < 1.29 is 19.0 Å². The number of carbonyl (C=O) groups is 1. The fourth-order valence-corrected chi connectivity index (χ4v) is 5.70. The Morgan fingerprint density at radius 2 is 1.64 bits per heavy atom. The van der Waals surface area contributed by atoms with Crippen LogP contribution in [0.5, 0.6) is 11.5 Å². The van der Waals surface area contributed by atoms with E-state index in [1.807, 2.05) is 91.9 Å². The number of nitrogens with two attached hydrogens (primary N) is 1. The first-order valence-electron chi connectivity index (χ1n) is 15.5. The SMILES string of the molecule is C=O.CC.Cc1c(F)cc2c(=O)c(CNCC(O)c3ccccc3)cn3c2c1Oc1cc2ccccc2cc1-3.NC1CCCC1. The van der Waals surface area contributed by atoms with Crippen molar-refractivity contribution in [3.8, 4) is 17.2 Å². The smallest absolute Gasteiger partial charge is 0.194 e. The lowest BCUT2D eigenvalue weighted by Crippen LogP contribution is -2.26. The van der Waals surface area contributed by atoms with E-state index in [0.29, 0.717) is 34.2 Å². The van der Waals surface area contributed by atoms with E-state index in [1.54, 1.807) is 13.1 Å². The molecule has 0 radical (unpaired) electrons. The molecule has 8 heteroatoms. The highest BCUT2D eigenvalue weighted by molar-refractivity contribution is 5.94. The zero-order valence-electron chi connectivity index (χ0n) is 26.2. The van der Waals surface area contributed by atoms with Crippen molar-refractivity contribution in [2.45, 2.75) is 65.1 Å². The Morgan fingerprint density at radius 1 is 1.02 bits per heavy atom. The average Bonchev–Trinajstić information content (AvgIpc) is 3.57. The number of carbonyl (C=O) groups excluding carboxylic acids is 1. The highest BCUT2D eigenvalue weighted by atomic mass is 19.1. The summed E-state index contributed by atoms with van der Waals surface area (Å²) in [6.07, 6.45) is 6.34. The summed E-state index contributed by atoms with van der Waals surface area (Å²) in [4.78, 5) is 21.4. The van der Waals surface area contributed by atoms with Crippen LogP contribution in [0.25, 0.3) is 27.4 Å². The molecular weight excluding hydrogens is 569 g/mol. The number of aromatic nitrogens is 1. The van der Waals surface area contributed by atoms with Gasteiger partial charge in [-0.15, -0.1) is 0 Å². The molecule has 1 aliphatic heterocycles. The van der Waals surface area contributed by atoms with Crippen LogP contribution in [0.3, 0.4) is 0 Å². The molecule has 1 aliphatic carbocycles. The maximum absolute atomic E-state index is 14.9. The number of aliphatic hydroxyl groups is 1. The van der Waals surface area contributed by atoms with E-state index in [-0.39, 0.29) is 23.9 Å². The first kappa shape index (κ1) is 33.5. The topological polar surface area (TPSA) is 107 Å². The predicted octanol–water partition coefficient (Wildman–Crippen LogP) is 7.25. The molecule has 2 aliphatic rings. The average molecular weight is 612 g/mol. The normalized spacial score (nSPS) is 13.7. The molecule has 1 saturated carbocycles. The molecule has 1 unspecified atom stereocenters. The number of fused-ring (bicyclic) bond motifs is 3. The van der Waals surface area contributed by atoms with Gasteiger partial charge < -0.3 is 30.3 Å². The van der Waals surface area contributed by atoms with Gasteiger partial charge in [0.1, 0.15) is 18.1 Å². The lowest BCUT2D eigenvalue weighted by atomic mass is 10.0. The second kappa shape index (κ2) is 15.6. The van der Waals surface area contributed by atoms with Gasteiger partial charge in [0.15, 0.2) is 16.9 Å². The summed E-state index contributed by atoms with van der Waals surface area (Å²) in [5.74, 6) is 0.483. The van der Waals surface area contributed by atoms with Gasteiger partial charge in [-0.3, -0.25) is 4.79 Å². The fraction of sp³-hybridized carbons (Fsp3) is 0.297. The van der Waals surface area contributed by atoms with Gasteiger partial charge in [0.05, 0.1) is 17.2 Å². The van der Waals surface area contributed by atoms with Crippen LogP contribution in [0.15, 0.2) is 83.8 Å². The van der Waals surface area contributed by atoms with Crippen LogP contribution in [0, 0.1) is 12.7 Å². The Morgan fingerprint density at radius 3 is 2.27 bits per heavy atom. The van der Waals surface area contributed by atoms with Gasteiger partial charge in [0.25, 0.3) is 0 Å². The Hall–Kier alpha value is -4.37. The van der Waals surface area contributed by atoms with Crippen LogP contribution in [-0.4, -0.2) is 29.0 Å². The van der Waals surface area contributed by atoms with Crippen molar-refractivity contribution >= 4 is 28.5 Å². The van der Waals surface area contributed by atoms with Crippen molar-refractivity contribution in [3.63, 3.8) is 0 Å². The van der Waals surface area contributed by atoms with Gasteiger partial charge in [0.2, 0.25) is 0 Å². The number of nitrogens with one attached hydrogen (secondary N) is 1. The van der Waals surface area contributed by atoms with E-state index in [0.717, 1.165) is 22.0 Å². The molecule has 7 nitrogen and oxygen atoms in total. The molecule has 4 N–H and O–H groups in total. The van der Waals surface area contributed by atoms with E-state index >= 15 is 0 Å². The summed E-state index contributed by atoms with van der Waals surface area (Å²) in [5.41, 5.74) is 8.26. The third kappa shape index (κ3) is 7.31. The molecule has 0 bridgehead atoms. The molecule has 1 fully saturated rings. The van der Waals surface area contributed by atoms with E-state index in [2.05, 4.69) is 5.32 Å². The van der Waals surface area contributed by atoms with Gasteiger partial charge >= 0.3 is 0 Å². The minimum absolute atomic E-state index is 0.229. The van der Waals surface area contributed by atoms with Crippen molar-refractivity contribution in [2.75, 3.05) is 6.54 Å². The number of aliphatic hydroxyl groups excluding tert-OH is 1. The predicted molar refractivity (Wildman–Crippen MR) is 180 cm³/mol. The summed E-state index contributed by atoms with van der Waals surface area (Å²) in [5, 5.41) is 16.0. The van der Waals surface area contributed by atoms with Gasteiger partial charge in [-0.2, -0.15) is 0 Å². The van der Waals surface area contributed by atoms with E-state index < -0.39 is 11.9 Å². The van der Waals surface area contributed by atoms with Crippen LogP contribution in [0.1, 0.15) is 62.3 Å². The van der Waals surface area contributed by atoms with Crippen LogP contribution in [0.2, 0.25) is 0 Å². The highest BCUT2D eigenvalue weighted by Crippen LogP contribution is 2.43. The summed E-state index contributed by atoms with van der Waals surface area (Å²) in [7, 11) is 0. The van der Waals surface area contributed by atoms with Gasteiger partial charge in [0, 0.05) is 36.5 Å². The first-order valence-corrected chi connectivity index (χ1v) is 15.5. The standard InChI is InChI=1S/C29H23FN2O3.C5H11N.C2H6.CH2O/c1-17-23(30)13-22-27-29(17)35-26-12-20-10-6-5-9-19(20)11-24(26)32(27)16-21(28(22)34)14-31-15-25(33)18-7-3-2-4-8-18;6-5-3-1-2-4-5;2*1-2/h2-13,16,25,31,33H,14-15H2,1H3;5H,1-4,6H2;1-2H3;1H2. The summed E-state index contributed by atoms with van der Waals surface area (Å²) in [6.45, 7) is 8.16. The highest BCUT2D eigenvalue weighted by Gasteiger charge is 2.26. The third-order valence-corrected chi connectivity index (χ3v) is 8.04. The van der Waals surface area contributed by atoms with Crippen LogP contribution >= 0.6 is 0 Å². The molecule has 5 aromatic rings. The monoisotopic (exact) mass is 611 g/mol. The maximum atomic E-state index is 14.9. The van der Waals surface area contributed by atoms with E-state index in [4.69, 9.17) is 15.3 Å². The molecule has 1 atom stereocenters. The minimum Gasteiger partial charge on any atom is -0.453 e. The number of benzene rings is 4. The number of ether oxygens (including phenoxy) is 1. The summed E-state index contributed by atoms with van der Waals surface area (Å²) >= 11 is 0. The van der Waals surface area contributed by atoms with Crippen LogP contribution in [-0.2, 0) is 11.3 Å². The van der Waals surface area contributed by atoms with E-state index in [9.17, 15) is 14.3 Å². The minimum atomic E-state index is -0.704. The molecule has 4 aromatic carbocycles. The first-order chi connectivity index (χ1) is 21.9.